The van der Waals surface area contributed by atoms with E-state index in [-0.39, 0.29) is 23.4 Å². The lowest BCUT2D eigenvalue weighted by molar-refractivity contribution is -0.114. The van der Waals surface area contributed by atoms with Gasteiger partial charge >= 0.3 is 0 Å². The van der Waals surface area contributed by atoms with E-state index in [1.807, 2.05) is 13.0 Å². The molecular formula is C16H17N5O4S2. The largest absolute Gasteiger partial charge is 0.480 e. The van der Waals surface area contributed by atoms with Crippen LogP contribution in [0.4, 0.5) is 11.6 Å². The number of fused-ring (bicyclic) bond motifs is 1. The average molecular weight is 407 g/mol. The Morgan fingerprint density at radius 1 is 1.26 bits per heavy atom. The Morgan fingerprint density at radius 2 is 2.00 bits per heavy atom. The van der Waals surface area contributed by atoms with Crippen LogP contribution >= 0.6 is 11.3 Å². The number of aromatic nitrogens is 3. The second-order valence-electron chi connectivity index (χ2n) is 5.80. The first kappa shape index (κ1) is 19.0. The van der Waals surface area contributed by atoms with E-state index in [4.69, 9.17) is 4.74 Å². The molecule has 0 radical (unpaired) electrons. The molecule has 27 heavy (non-hydrogen) atoms. The Bertz CT molecular complexity index is 1140. The minimum absolute atomic E-state index is 0.175. The molecule has 11 heteroatoms. The summed E-state index contributed by atoms with van der Waals surface area (Å²) in [5.41, 5.74) is 1.67. The van der Waals surface area contributed by atoms with Crippen LogP contribution in [0.25, 0.3) is 20.7 Å². The van der Waals surface area contributed by atoms with Gasteiger partial charge in [0.15, 0.2) is 0 Å². The molecule has 3 heterocycles. The average Bonchev–Trinajstić information content (AvgIpc) is 2.97. The highest BCUT2D eigenvalue weighted by molar-refractivity contribution is 7.92. The first-order chi connectivity index (χ1) is 12.7. The minimum Gasteiger partial charge on any atom is -0.480 e. The highest BCUT2D eigenvalue weighted by Crippen LogP contribution is 2.36. The lowest BCUT2D eigenvalue weighted by atomic mass is 10.2. The number of hydrogen-bond acceptors (Lipinski definition) is 8. The molecule has 0 aliphatic rings. The van der Waals surface area contributed by atoms with Crippen molar-refractivity contribution in [1.82, 2.24) is 15.0 Å². The van der Waals surface area contributed by atoms with E-state index in [0.717, 1.165) is 22.2 Å². The number of methoxy groups -OCH3 is 1. The van der Waals surface area contributed by atoms with Crippen molar-refractivity contribution < 1.29 is 17.9 Å². The summed E-state index contributed by atoms with van der Waals surface area (Å²) in [4.78, 5) is 25.6. The highest BCUT2D eigenvalue weighted by Gasteiger charge is 2.15. The number of sulfonamides is 1. The molecule has 142 valence electrons. The number of nitrogens with one attached hydrogen (secondary N) is 2. The van der Waals surface area contributed by atoms with E-state index in [9.17, 15) is 13.2 Å². The van der Waals surface area contributed by atoms with Crippen LogP contribution in [0.5, 0.6) is 5.88 Å². The summed E-state index contributed by atoms with van der Waals surface area (Å²) in [6.07, 6.45) is 2.65. The SMILES string of the molecule is COc1ncc(-c2cc3c(C)nc(NC(C)=O)nc3s2)cc1NS(C)(=O)=O. The number of ether oxygens (including phenoxy) is 1. The van der Waals surface area contributed by atoms with Crippen molar-refractivity contribution in [3.05, 3.63) is 24.0 Å². The molecule has 0 fully saturated rings. The Hall–Kier alpha value is -2.79. The zero-order valence-corrected chi connectivity index (χ0v) is 16.7. The van der Waals surface area contributed by atoms with Crippen LogP contribution in [0.3, 0.4) is 0 Å². The maximum absolute atomic E-state index is 11.6. The lowest BCUT2D eigenvalue weighted by Gasteiger charge is -2.09. The molecule has 0 saturated heterocycles. The van der Waals surface area contributed by atoms with Gasteiger partial charge in [0.1, 0.15) is 10.5 Å². The Morgan fingerprint density at radius 3 is 2.63 bits per heavy atom. The van der Waals surface area contributed by atoms with Gasteiger partial charge in [-0.2, -0.15) is 0 Å². The molecule has 3 rings (SSSR count). The maximum atomic E-state index is 11.6. The fraction of sp³-hybridized carbons (Fsp3) is 0.250. The van der Waals surface area contributed by atoms with Crippen molar-refractivity contribution in [2.24, 2.45) is 0 Å². The quantitative estimate of drug-likeness (QED) is 0.665. The van der Waals surface area contributed by atoms with Gasteiger partial charge in [-0.3, -0.25) is 14.8 Å². The third-order valence-corrected chi connectivity index (χ3v) is 5.16. The van der Waals surface area contributed by atoms with Crippen molar-refractivity contribution in [1.29, 1.82) is 0 Å². The van der Waals surface area contributed by atoms with Gasteiger partial charge in [0.05, 0.1) is 19.1 Å². The van der Waals surface area contributed by atoms with E-state index in [0.29, 0.717) is 10.4 Å². The minimum atomic E-state index is -3.49. The second kappa shape index (κ2) is 7.08. The number of rotatable bonds is 5. The van der Waals surface area contributed by atoms with Gasteiger partial charge < -0.3 is 4.74 Å². The number of hydrogen-bond donors (Lipinski definition) is 2. The highest BCUT2D eigenvalue weighted by atomic mass is 32.2. The van der Waals surface area contributed by atoms with Crippen LogP contribution in [-0.2, 0) is 14.8 Å². The molecule has 1 amide bonds. The van der Waals surface area contributed by atoms with Crippen molar-refractivity contribution in [3.63, 3.8) is 0 Å². The number of carbonyl (C=O) groups is 1. The zero-order chi connectivity index (χ0) is 19.8. The number of pyridine rings is 1. The summed E-state index contributed by atoms with van der Waals surface area (Å²) < 4.78 is 30.7. The smallest absolute Gasteiger partial charge is 0.238 e. The Kier molecular flexibility index (Phi) is 4.98. The van der Waals surface area contributed by atoms with E-state index in [1.165, 1.54) is 25.4 Å². The van der Waals surface area contributed by atoms with Gasteiger partial charge in [-0.05, 0) is 19.1 Å². The molecule has 0 aromatic carbocycles. The lowest BCUT2D eigenvalue weighted by Crippen LogP contribution is -2.11. The van der Waals surface area contributed by atoms with Crippen molar-refractivity contribution in [2.45, 2.75) is 13.8 Å². The molecule has 0 aliphatic heterocycles. The van der Waals surface area contributed by atoms with E-state index in [2.05, 4.69) is 25.0 Å². The molecule has 2 N–H and O–H groups in total. The van der Waals surface area contributed by atoms with Gasteiger partial charge in [0, 0.05) is 28.9 Å². The van der Waals surface area contributed by atoms with E-state index in [1.54, 1.807) is 12.3 Å². The van der Waals surface area contributed by atoms with Gasteiger partial charge in [-0.15, -0.1) is 11.3 Å². The predicted molar refractivity (Wildman–Crippen MR) is 105 cm³/mol. The fourth-order valence-electron chi connectivity index (χ4n) is 2.44. The monoisotopic (exact) mass is 407 g/mol. The third-order valence-electron chi connectivity index (χ3n) is 3.50. The molecule has 9 nitrogen and oxygen atoms in total. The molecule has 0 bridgehead atoms. The summed E-state index contributed by atoms with van der Waals surface area (Å²) >= 11 is 1.39. The van der Waals surface area contributed by atoms with Crippen LogP contribution in [0.1, 0.15) is 12.6 Å². The fourth-order valence-corrected chi connectivity index (χ4v) is 4.05. The van der Waals surface area contributed by atoms with Crippen molar-refractivity contribution >= 4 is 49.1 Å². The molecule has 0 spiro atoms. The summed E-state index contributed by atoms with van der Waals surface area (Å²) in [7, 11) is -2.07. The second-order valence-corrected chi connectivity index (χ2v) is 8.58. The van der Waals surface area contributed by atoms with Crippen LogP contribution in [-0.4, -0.2) is 42.6 Å². The maximum Gasteiger partial charge on any atom is 0.238 e. The molecular weight excluding hydrogens is 390 g/mol. The van der Waals surface area contributed by atoms with Crippen molar-refractivity contribution in [3.8, 4) is 16.3 Å². The van der Waals surface area contributed by atoms with Crippen LogP contribution in [0, 0.1) is 6.92 Å². The topological polar surface area (TPSA) is 123 Å². The summed E-state index contributed by atoms with van der Waals surface area (Å²) in [6, 6.07) is 3.55. The zero-order valence-electron chi connectivity index (χ0n) is 15.0. The number of nitrogens with zero attached hydrogens (tertiary/aromatic N) is 3. The number of carbonyl (C=O) groups excluding carboxylic acids is 1. The Labute approximate surface area is 159 Å². The standard InChI is InChI=1S/C16H17N5O4S2/c1-8-11-6-13(26-15(11)20-16(18-8)19-9(2)22)10-5-12(21-27(4,23)24)14(25-3)17-7-10/h5-7,21H,1-4H3,(H,18,19,20,22). The van der Waals surface area contributed by atoms with Crippen LogP contribution in [0.2, 0.25) is 0 Å². The number of anilines is 2. The third kappa shape index (κ3) is 4.31. The summed E-state index contributed by atoms with van der Waals surface area (Å²) in [6.45, 7) is 3.22. The molecule has 3 aromatic rings. The number of amides is 1. The van der Waals surface area contributed by atoms with E-state index >= 15 is 0 Å². The van der Waals surface area contributed by atoms with Crippen molar-refractivity contribution in [2.75, 3.05) is 23.4 Å². The molecule has 3 aromatic heterocycles. The Balaban J connectivity index is 2.08. The molecule has 0 saturated carbocycles. The number of thiophene rings is 1. The van der Waals surface area contributed by atoms with Gasteiger partial charge in [0.2, 0.25) is 27.8 Å². The predicted octanol–water partition coefficient (Wildman–Crippen LogP) is 2.40. The summed E-state index contributed by atoms with van der Waals surface area (Å²) in [5.74, 6) is 0.170. The van der Waals surface area contributed by atoms with E-state index < -0.39 is 10.0 Å². The van der Waals surface area contributed by atoms with Crippen LogP contribution in [0.15, 0.2) is 18.3 Å². The van der Waals surface area contributed by atoms with Gasteiger partial charge in [0.25, 0.3) is 0 Å². The van der Waals surface area contributed by atoms with Crippen LogP contribution < -0.4 is 14.8 Å². The van der Waals surface area contributed by atoms with Gasteiger partial charge in [-0.25, -0.2) is 23.4 Å². The normalized spacial score (nSPS) is 11.4. The summed E-state index contributed by atoms with van der Waals surface area (Å²) in [5, 5.41) is 3.42. The number of aryl methyl sites for hydroxylation is 1. The molecule has 0 atom stereocenters. The molecule has 0 unspecified atom stereocenters. The van der Waals surface area contributed by atoms with Gasteiger partial charge in [-0.1, -0.05) is 0 Å². The first-order valence-electron chi connectivity index (χ1n) is 7.74. The molecule has 0 aliphatic carbocycles. The first-order valence-corrected chi connectivity index (χ1v) is 10.4.